The summed E-state index contributed by atoms with van der Waals surface area (Å²) in [5.41, 5.74) is 5.61. The van der Waals surface area contributed by atoms with Crippen LogP contribution in [0, 0.1) is 0 Å². The van der Waals surface area contributed by atoms with Crippen LogP contribution in [0.25, 0.3) is 0 Å². The molecule has 16 heavy (non-hydrogen) atoms. The smallest absolute Gasteiger partial charge is 0.246 e. The number of rotatable bonds is 6. The third-order valence-corrected chi connectivity index (χ3v) is 2.84. The fraction of sp³-hybridized carbons (Fsp3) is 0.818. The second kappa shape index (κ2) is 6.60. The number of carbonyl (C=O) groups is 2. The van der Waals surface area contributed by atoms with Crippen molar-refractivity contribution in [2.45, 2.75) is 44.6 Å². The number of imide groups is 1. The van der Waals surface area contributed by atoms with Gasteiger partial charge < -0.3 is 10.8 Å². The summed E-state index contributed by atoms with van der Waals surface area (Å²) in [6.07, 6.45) is 4.28. The molecule has 0 radical (unpaired) electrons. The molecule has 92 valence electrons. The molecule has 1 atom stereocenters. The zero-order chi connectivity index (χ0) is 12.0. The second-order valence-electron chi connectivity index (χ2n) is 4.17. The fourth-order valence-electron chi connectivity index (χ4n) is 1.83. The van der Waals surface area contributed by atoms with Gasteiger partial charge in [-0.1, -0.05) is 12.8 Å². The number of unbranched alkanes of at least 4 members (excludes halogenated alkanes) is 3. The molecule has 0 bridgehead atoms. The Morgan fingerprint density at radius 1 is 1.25 bits per heavy atom. The molecule has 0 aromatic heterocycles. The van der Waals surface area contributed by atoms with Crippen LogP contribution in [-0.4, -0.2) is 41.0 Å². The van der Waals surface area contributed by atoms with E-state index in [1.54, 1.807) is 0 Å². The lowest BCUT2D eigenvalue weighted by molar-refractivity contribution is -0.149. The van der Waals surface area contributed by atoms with Gasteiger partial charge in [-0.3, -0.25) is 14.5 Å². The third-order valence-electron chi connectivity index (χ3n) is 2.84. The van der Waals surface area contributed by atoms with E-state index < -0.39 is 6.04 Å². The van der Waals surface area contributed by atoms with Crippen molar-refractivity contribution in [3.05, 3.63) is 0 Å². The predicted octanol–water partition coefficient (Wildman–Crippen LogP) is 0.0154. The number of aliphatic hydroxyl groups excluding tert-OH is 1. The summed E-state index contributed by atoms with van der Waals surface area (Å²) in [4.78, 5) is 24.4. The first kappa shape index (κ1) is 13.1. The predicted molar refractivity (Wildman–Crippen MR) is 59.5 cm³/mol. The number of amides is 2. The summed E-state index contributed by atoms with van der Waals surface area (Å²) in [6, 6.07) is -0.504. The molecule has 0 saturated carbocycles. The number of nitrogens with two attached hydrogens (primary N) is 1. The highest BCUT2D eigenvalue weighted by molar-refractivity contribution is 6.00. The highest BCUT2D eigenvalue weighted by atomic mass is 16.3. The summed E-state index contributed by atoms with van der Waals surface area (Å²) in [7, 11) is 0. The maximum Gasteiger partial charge on any atom is 0.246 e. The van der Waals surface area contributed by atoms with Crippen LogP contribution in [0.2, 0.25) is 0 Å². The molecule has 0 aromatic carbocycles. The van der Waals surface area contributed by atoms with E-state index >= 15 is 0 Å². The first-order chi connectivity index (χ1) is 7.66. The standard InChI is InChI=1S/C11H20N2O3/c12-9-5-6-10(15)13(11(9)16)7-3-1-2-4-8-14/h9,14H,1-8,12H2. The number of hydrogen-bond acceptors (Lipinski definition) is 4. The van der Waals surface area contributed by atoms with Gasteiger partial charge in [0.25, 0.3) is 0 Å². The van der Waals surface area contributed by atoms with Crippen molar-refractivity contribution >= 4 is 11.8 Å². The molecule has 0 spiro atoms. The van der Waals surface area contributed by atoms with E-state index in [-0.39, 0.29) is 18.4 Å². The molecule has 0 aromatic rings. The topological polar surface area (TPSA) is 83.6 Å². The lowest BCUT2D eigenvalue weighted by atomic mass is 10.0. The molecular weight excluding hydrogens is 208 g/mol. The quantitative estimate of drug-likeness (QED) is 0.495. The normalized spacial score (nSPS) is 21.6. The molecule has 0 aliphatic carbocycles. The second-order valence-corrected chi connectivity index (χ2v) is 4.17. The fourth-order valence-corrected chi connectivity index (χ4v) is 1.83. The van der Waals surface area contributed by atoms with Gasteiger partial charge in [0.15, 0.2) is 0 Å². The lowest BCUT2D eigenvalue weighted by Gasteiger charge is -2.28. The molecule has 1 fully saturated rings. The molecule has 2 amide bonds. The first-order valence-electron chi connectivity index (χ1n) is 5.87. The Balaban J connectivity index is 2.28. The van der Waals surface area contributed by atoms with Gasteiger partial charge in [-0.2, -0.15) is 0 Å². The maximum absolute atomic E-state index is 11.6. The van der Waals surface area contributed by atoms with Crippen LogP contribution in [0.15, 0.2) is 0 Å². The van der Waals surface area contributed by atoms with Crippen LogP contribution in [0.5, 0.6) is 0 Å². The average Bonchev–Trinajstić information content (AvgIpc) is 2.28. The van der Waals surface area contributed by atoms with Gasteiger partial charge in [-0.25, -0.2) is 0 Å². The first-order valence-corrected chi connectivity index (χ1v) is 5.87. The van der Waals surface area contributed by atoms with Gasteiger partial charge in [0, 0.05) is 19.6 Å². The number of hydrogen-bond donors (Lipinski definition) is 2. The summed E-state index contributed by atoms with van der Waals surface area (Å²) in [5, 5.41) is 8.60. The molecular formula is C11H20N2O3. The van der Waals surface area contributed by atoms with Crippen molar-refractivity contribution in [1.82, 2.24) is 4.90 Å². The number of nitrogens with zero attached hydrogens (tertiary/aromatic N) is 1. The van der Waals surface area contributed by atoms with Crippen LogP contribution in [0.1, 0.15) is 38.5 Å². The molecule has 1 aliphatic rings. The van der Waals surface area contributed by atoms with Crippen LogP contribution in [0.3, 0.4) is 0 Å². The molecule has 1 heterocycles. The van der Waals surface area contributed by atoms with Crippen LogP contribution < -0.4 is 5.73 Å². The van der Waals surface area contributed by atoms with E-state index in [2.05, 4.69) is 0 Å². The third kappa shape index (κ3) is 3.57. The van der Waals surface area contributed by atoms with Gasteiger partial charge in [-0.15, -0.1) is 0 Å². The van der Waals surface area contributed by atoms with Crippen LogP contribution in [0.4, 0.5) is 0 Å². The Kier molecular flexibility index (Phi) is 5.42. The Morgan fingerprint density at radius 2 is 1.94 bits per heavy atom. The monoisotopic (exact) mass is 228 g/mol. The Bertz CT molecular complexity index is 256. The molecule has 5 nitrogen and oxygen atoms in total. The van der Waals surface area contributed by atoms with Crippen molar-refractivity contribution < 1.29 is 14.7 Å². The Hall–Kier alpha value is -0.940. The number of piperidine rings is 1. The summed E-state index contributed by atoms with van der Waals surface area (Å²) in [6.45, 7) is 0.670. The molecule has 3 N–H and O–H groups in total. The van der Waals surface area contributed by atoms with E-state index in [0.29, 0.717) is 19.4 Å². The maximum atomic E-state index is 11.6. The summed E-state index contributed by atoms with van der Waals surface area (Å²) >= 11 is 0. The van der Waals surface area contributed by atoms with Gasteiger partial charge in [0.05, 0.1) is 6.04 Å². The van der Waals surface area contributed by atoms with Gasteiger partial charge >= 0.3 is 0 Å². The minimum absolute atomic E-state index is 0.103. The molecule has 1 saturated heterocycles. The van der Waals surface area contributed by atoms with Gasteiger partial charge in [-0.05, 0) is 19.3 Å². The highest BCUT2D eigenvalue weighted by Gasteiger charge is 2.31. The van der Waals surface area contributed by atoms with E-state index in [9.17, 15) is 9.59 Å². The van der Waals surface area contributed by atoms with Crippen molar-refractivity contribution in [1.29, 1.82) is 0 Å². The van der Waals surface area contributed by atoms with E-state index in [0.717, 1.165) is 25.7 Å². The number of carbonyl (C=O) groups excluding carboxylic acids is 2. The van der Waals surface area contributed by atoms with E-state index in [1.807, 2.05) is 0 Å². The van der Waals surface area contributed by atoms with Gasteiger partial charge in [0.1, 0.15) is 0 Å². The average molecular weight is 228 g/mol. The van der Waals surface area contributed by atoms with E-state index in [1.165, 1.54) is 4.90 Å². The van der Waals surface area contributed by atoms with Crippen LogP contribution in [-0.2, 0) is 9.59 Å². The Morgan fingerprint density at radius 3 is 2.62 bits per heavy atom. The van der Waals surface area contributed by atoms with Crippen molar-refractivity contribution in [2.75, 3.05) is 13.2 Å². The van der Waals surface area contributed by atoms with Crippen molar-refractivity contribution in [3.63, 3.8) is 0 Å². The minimum atomic E-state index is -0.504. The lowest BCUT2D eigenvalue weighted by Crippen LogP contribution is -2.51. The number of aliphatic hydroxyl groups is 1. The summed E-state index contributed by atoms with van der Waals surface area (Å²) < 4.78 is 0. The zero-order valence-electron chi connectivity index (χ0n) is 9.52. The van der Waals surface area contributed by atoms with Gasteiger partial charge in [0.2, 0.25) is 11.8 Å². The zero-order valence-corrected chi connectivity index (χ0v) is 9.52. The van der Waals surface area contributed by atoms with Crippen molar-refractivity contribution in [2.24, 2.45) is 5.73 Å². The SMILES string of the molecule is NC1CCC(=O)N(CCCCCCO)C1=O. The summed E-state index contributed by atoms with van der Waals surface area (Å²) in [5.74, 6) is -0.340. The Labute approximate surface area is 95.6 Å². The molecule has 5 heteroatoms. The minimum Gasteiger partial charge on any atom is -0.396 e. The van der Waals surface area contributed by atoms with Crippen molar-refractivity contribution in [3.8, 4) is 0 Å². The van der Waals surface area contributed by atoms with E-state index in [4.69, 9.17) is 10.8 Å². The molecule has 1 unspecified atom stereocenters. The number of likely N-dealkylation sites (tertiary alicyclic amines) is 1. The molecule has 1 rings (SSSR count). The highest BCUT2D eigenvalue weighted by Crippen LogP contribution is 2.13. The largest absolute Gasteiger partial charge is 0.396 e. The van der Waals surface area contributed by atoms with Crippen LogP contribution >= 0.6 is 0 Å². The molecule has 1 aliphatic heterocycles.